The van der Waals surface area contributed by atoms with E-state index in [2.05, 4.69) is 25.7 Å². The number of aromatic nitrogens is 4. The van der Waals surface area contributed by atoms with Crippen molar-refractivity contribution in [1.82, 2.24) is 30.6 Å². The number of benzene rings is 3. The molecule has 16 nitrogen and oxygen atoms in total. The predicted octanol–water partition coefficient (Wildman–Crippen LogP) is 7.06. The summed E-state index contributed by atoms with van der Waals surface area (Å²) in [5.41, 5.74) is 0.709. The van der Waals surface area contributed by atoms with Gasteiger partial charge in [-0.3, -0.25) is 4.79 Å². The summed E-state index contributed by atoms with van der Waals surface area (Å²) in [7, 11) is -4.25. The maximum Gasteiger partial charge on any atom is 0.410 e. The Hall–Kier alpha value is -6.24. The molecule has 4 heterocycles. The highest BCUT2D eigenvalue weighted by molar-refractivity contribution is 7.91. The van der Waals surface area contributed by atoms with Gasteiger partial charge in [0.05, 0.1) is 35.3 Å². The van der Waals surface area contributed by atoms with Crippen LogP contribution in [0.4, 0.5) is 24.1 Å². The lowest BCUT2D eigenvalue weighted by atomic mass is 9.95. The number of amides is 3. The zero-order valence-electron chi connectivity index (χ0n) is 34.3. The van der Waals surface area contributed by atoms with Gasteiger partial charge in [0.2, 0.25) is 23.5 Å². The summed E-state index contributed by atoms with van der Waals surface area (Å²) in [6, 6.07) is 18.2. The molecule has 1 N–H and O–H groups in total. The molecule has 0 aliphatic carbocycles. The second-order valence-corrected chi connectivity index (χ2v) is 19.1. The summed E-state index contributed by atoms with van der Waals surface area (Å²) in [6.45, 7) is 9.41. The van der Waals surface area contributed by atoms with E-state index in [9.17, 15) is 22.8 Å². The molecule has 2 aromatic heterocycles. The van der Waals surface area contributed by atoms with Crippen LogP contribution in [0.25, 0.3) is 22.8 Å². The van der Waals surface area contributed by atoms with Crippen LogP contribution in [0.2, 0.25) is 0 Å². The van der Waals surface area contributed by atoms with Crippen LogP contribution >= 0.6 is 0 Å². The lowest BCUT2D eigenvalue weighted by Gasteiger charge is -2.35. The van der Waals surface area contributed by atoms with Gasteiger partial charge >= 0.3 is 12.2 Å². The Morgan fingerprint density at radius 3 is 2.33 bits per heavy atom. The van der Waals surface area contributed by atoms with Gasteiger partial charge in [0.15, 0.2) is 9.84 Å². The zero-order valence-corrected chi connectivity index (χ0v) is 35.2. The van der Waals surface area contributed by atoms with E-state index in [0.717, 1.165) is 4.90 Å². The van der Waals surface area contributed by atoms with E-state index in [-0.39, 0.29) is 53.0 Å². The Kier molecular flexibility index (Phi) is 11.5. The van der Waals surface area contributed by atoms with Gasteiger partial charge in [0, 0.05) is 29.5 Å². The number of ether oxygens (including phenoxy) is 2. The number of carbonyl (C=O) groups is 3. The number of piperidine rings is 1. The van der Waals surface area contributed by atoms with Crippen LogP contribution in [0, 0.1) is 0 Å². The normalized spacial score (nSPS) is 18.9. The fourth-order valence-corrected chi connectivity index (χ4v) is 8.45. The quantitative estimate of drug-likeness (QED) is 0.166. The average molecular weight is 862 g/mol. The topological polar surface area (TPSA) is 200 Å². The van der Waals surface area contributed by atoms with Crippen molar-refractivity contribution in [3.63, 3.8) is 0 Å². The number of likely N-dealkylation sites (tertiary alicyclic amines) is 1. The second-order valence-electron chi connectivity index (χ2n) is 17.1. The molecule has 2 atom stereocenters. The standard InChI is InChI=1S/C42H45F2N7O9S/c1-40(2,3)37-46-33(49-60-37)27-14-12-25(13-15-27)20-51-31-18-28(16-17-32(31)61(55,56)23-30(36(51)52)45-38(53)59-41(4,5)6)34-47-48-35(58-34)29-19-42(43,44)24-50(21-29)39(54)57-22-26-10-8-7-9-11-26/h7-18,29-30H,19-24H2,1-6H3,(H,45,53)/t29?,30-/m0/s1. The molecule has 61 heavy (non-hydrogen) atoms. The van der Waals surface area contributed by atoms with E-state index in [1.807, 2.05) is 20.8 Å². The van der Waals surface area contributed by atoms with Gasteiger partial charge < -0.3 is 33.5 Å². The van der Waals surface area contributed by atoms with E-state index in [1.54, 1.807) is 75.4 Å². The largest absolute Gasteiger partial charge is 0.445 e. The molecular formula is C42H45F2N7O9S. The number of hydrogen-bond acceptors (Lipinski definition) is 13. The summed E-state index contributed by atoms with van der Waals surface area (Å²) in [5.74, 6) is -5.41. The molecule has 3 aromatic carbocycles. The highest BCUT2D eigenvalue weighted by Crippen LogP contribution is 2.39. The van der Waals surface area contributed by atoms with Gasteiger partial charge in [-0.25, -0.2) is 26.8 Å². The number of nitrogens with zero attached hydrogens (tertiary/aromatic N) is 6. The van der Waals surface area contributed by atoms with Gasteiger partial charge in [-0.1, -0.05) is 80.5 Å². The maximum atomic E-state index is 15.1. The van der Waals surface area contributed by atoms with Gasteiger partial charge in [-0.05, 0) is 50.1 Å². The Morgan fingerprint density at radius 2 is 1.66 bits per heavy atom. The third-order valence-electron chi connectivity index (χ3n) is 9.75. The summed E-state index contributed by atoms with van der Waals surface area (Å²) in [6.07, 6.45) is -2.60. The molecule has 0 spiro atoms. The molecule has 2 aliphatic heterocycles. The number of alkyl halides is 2. The third kappa shape index (κ3) is 10.0. The summed E-state index contributed by atoms with van der Waals surface area (Å²) < 4.78 is 80.1. The Morgan fingerprint density at radius 1 is 0.951 bits per heavy atom. The van der Waals surface area contributed by atoms with Gasteiger partial charge in [0.1, 0.15) is 18.2 Å². The van der Waals surface area contributed by atoms with Crippen LogP contribution in [0.1, 0.15) is 76.8 Å². The number of nitrogens with one attached hydrogen (secondary N) is 1. The number of fused-ring (bicyclic) bond motifs is 1. The van der Waals surface area contributed by atoms with E-state index in [4.69, 9.17) is 18.4 Å². The molecule has 7 rings (SSSR count). The van der Waals surface area contributed by atoms with Crippen molar-refractivity contribution in [3.8, 4) is 22.8 Å². The number of anilines is 1. The van der Waals surface area contributed by atoms with Crippen molar-refractivity contribution in [3.05, 3.63) is 95.7 Å². The predicted molar refractivity (Wildman–Crippen MR) is 215 cm³/mol. The number of rotatable bonds is 8. The molecular weight excluding hydrogens is 817 g/mol. The van der Waals surface area contributed by atoms with Crippen LogP contribution in [-0.4, -0.2) is 88.2 Å². The number of halogens is 2. The lowest BCUT2D eigenvalue weighted by molar-refractivity contribution is -0.120. The number of alkyl carbamates (subject to hydrolysis) is 1. The first-order valence-electron chi connectivity index (χ1n) is 19.4. The van der Waals surface area contributed by atoms with Crippen LogP contribution in [0.3, 0.4) is 0 Å². The molecule has 19 heteroatoms. The highest BCUT2D eigenvalue weighted by atomic mass is 32.2. The number of hydrogen-bond donors (Lipinski definition) is 1. The first-order chi connectivity index (χ1) is 28.6. The smallest absolute Gasteiger partial charge is 0.410 e. The van der Waals surface area contributed by atoms with E-state index in [1.165, 1.54) is 23.1 Å². The molecule has 3 amide bonds. The minimum Gasteiger partial charge on any atom is -0.445 e. The summed E-state index contributed by atoms with van der Waals surface area (Å²) in [5, 5.41) is 14.7. The van der Waals surface area contributed by atoms with E-state index < -0.39 is 70.1 Å². The molecule has 5 aromatic rings. The molecule has 0 saturated carbocycles. The molecule has 0 bridgehead atoms. The first kappa shape index (κ1) is 42.9. The van der Waals surface area contributed by atoms with E-state index >= 15 is 8.78 Å². The Bertz CT molecular complexity index is 2530. The minimum absolute atomic E-state index is 0.0515. The van der Waals surface area contributed by atoms with Crippen molar-refractivity contribution in [1.29, 1.82) is 0 Å². The van der Waals surface area contributed by atoms with Crippen LogP contribution < -0.4 is 10.2 Å². The monoisotopic (exact) mass is 861 g/mol. The Labute approximate surface area is 350 Å². The number of sulfone groups is 1. The highest BCUT2D eigenvalue weighted by Gasteiger charge is 2.45. The Balaban J connectivity index is 1.18. The van der Waals surface area contributed by atoms with Gasteiger partial charge in [0.25, 0.3) is 11.8 Å². The van der Waals surface area contributed by atoms with Gasteiger partial charge in [-0.2, -0.15) is 4.98 Å². The summed E-state index contributed by atoms with van der Waals surface area (Å²) >= 11 is 0. The van der Waals surface area contributed by atoms with Crippen molar-refractivity contribution in [2.24, 2.45) is 0 Å². The minimum atomic E-state index is -4.25. The van der Waals surface area contributed by atoms with Crippen LogP contribution in [-0.2, 0) is 42.7 Å². The van der Waals surface area contributed by atoms with Crippen LogP contribution in [0.5, 0.6) is 0 Å². The van der Waals surface area contributed by atoms with Crippen molar-refractivity contribution in [2.75, 3.05) is 23.7 Å². The molecule has 2 aliphatic rings. The fraction of sp³-hybridized carbons (Fsp3) is 0.405. The summed E-state index contributed by atoms with van der Waals surface area (Å²) in [4.78, 5) is 46.6. The third-order valence-corrected chi connectivity index (χ3v) is 11.5. The van der Waals surface area contributed by atoms with Crippen molar-refractivity contribution < 1.29 is 50.0 Å². The SMILES string of the molecule is CC(C)(C)OC(=O)N[C@H]1CS(=O)(=O)c2ccc(-c3nnc(C4CN(C(=O)OCc5ccccc5)CC(F)(F)C4)o3)cc2N(Cc2ccc(-c3noc(C(C)(C)C)n3)cc2)C1=O. The average Bonchev–Trinajstić information content (AvgIpc) is 3.88. The fourth-order valence-electron chi connectivity index (χ4n) is 6.85. The molecule has 1 unspecified atom stereocenters. The second kappa shape index (κ2) is 16.3. The molecule has 322 valence electrons. The number of carbonyl (C=O) groups excluding carboxylic acids is 3. The van der Waals surface area contributed by atoms with Gasteiger partial charge in [-0.15, -0.1) is 10.2 Å². The van der Waals surface area contributed by atoms with Crippen LogP contribution in [0.15, 0.2) is 86.6 Å². The molecule has 1 saturated heterocycles. The molecule has 1 fully saturated rings. The van der Waals surface area contributed by atoms with Crippen molar-refractivity contribution >= 4 is 33.6 Å². The van der Waals surface area contributed by atoms with E-state index in [0.29, 0.717) is 28.4 Å². The lowest BCUT2D eigenvalue weighted by Crippen LogP contribution is -2.51. The first-order valence-corrected chi connectivity index (χ1v) is 21.1. The zero-order chi connectivity index (χ0) is 43.9. The van der Waals surface area contributed by atoms with Crippen molar-refractivity contribution in [2.45, 2.75) is 94.9 Å². The molecule has 0 radical (unpaired) electrons. The maximum absolute atomic E-state index is 15.1.